The first-order valence-electron chi connectivity index (χ1n) is 9.03. The minimum Gasteiger partial charge on any atom is -0.338 e. The molecule has 0 spiro atoms. The molecule has 4 rings (SSSR count). The van der Waals surface area contributed by atoms with Crippen molar-refractivity contribution in [3.63, 3.8) is 0 Å². The highest BCUT2D eigenvalue weighted by Gasteiger charge is 2.30. The number of rotatable bonds is 3. The SMILES string of the molecule is Cc1nnc(CN2CCC(C(=O)N3CCc4sccc4C3)CC2)n1C. The molecule has 0 N–H and O–H groups in total. The van der Waals surface area contributed by atoms with E-state index in [-0.39, 0.29) is 5.92 Å². The average molecular weight is 359 g/mol. The molecular formula is C18H25N5OS. The topological polar surface area (TPSA) is 54.3 Å². The molecule has 0 unspecified atom stereocenters. The smallest absolute Gasteiger partial charge is 0.226 e. The van der Waals surface area contributed by atoms with E-state index in [4.69, 9.17) is 0 Å². The van der Waals surface area contributed by atoms with Gasteiger partial charge in [0.25, 0.3) is 0 Å². The summed E-state index contributed by atoms with van der Waals surface area (Å²) in [6, 6.07) is 2.17. The molecule has 2 aromatic rings. The Morgan fingerprint density at radius 2 is 2.08 bits per heavy atom. The highest BCUT2D eigenvalue weighted by molar-refractivity contribution is 7.10. The molecule has 1 saturated heterocycles. The van der Waals surface area contributed by atoms with E-state index in [1.807, 2.05) is 29.9 Å². The summed E-state index contributed by atoms with van der Waals surface area (Å²) in [6.45, 7) is 6.39. The number of piperidine rings is 1. The first-order chi connectivity index (χ1) is 12.1. The Labute approximate surface area is 152 Å². The summed E-state index contributed by atoms with van der Waals surface area (Å²) in [4.78, 5) is 18.8. The maximum absolute atomic E-state index is 12.9. The van der Waals surface area contributed by atoms with Crippen LogP contribution in [0, 0.1) is 12.8 Å². The predicted molar refractivity (Wildman–Crippen MR) is 97.2 cm³/mol. The Kier molecular flexibility index (Phi) is 4.60. The second-order valence-electron chi connectivity index (χ2n) is 7.15. The van der Waals surface area contributed by atoms with Gasteiger partial charge in [-0.2, -0.15) is 0 Å². The van der Waals surface area contributed by atoms with E-state index in [2.05, 4.69) is 31.4 Å². The van der Waals surface area contributed by atoms with Gasteiger partial charge in [-0.1, -0.05) is 0 Å². The second kappa shape index (κ2) is 6.88. The van der Waals surface area contributed by atoms with Gasteiger partial charge in [-0.05, 0) is 56.3 Å². The fourth-order valence-electron chi connectivity index (χ4n) is 3.82. The molecule has 0 saturated carbocycles. The molecule has 0 bridgehead atoms. The van der Waals surface area contributed by atoms with Gasteiger partial charge in [0.1, 0.15) is 11.6 Å². The number of likely N-dealkylation sites (tertiary alicyclic amines) is 1. The number of hydrogen-bond donors (Lipinski definition) is 0. The molecule has 6 nitrogen and oxygen atoms in total. The molecule has 7 heteroatoms. The number of aromatic nitrogens is 3. The van der Waals surface area contributed by atoms with Crippen molar-refractivity contribution in [2.24, 2.45) is 13.0 Å². The van der Waals surface area contributed by atoms with Gasteiger partial charge in [0.2, 0.25) is 5.91 Å². The summed E-state index contributed by atoms with van der Waals surface area (Å²) < 4.78 is 2.05. The van der Waals surface area contributed by atoms with Crippen LogP contribution in [0.4, 0.5) is 0 Å². The zero-order chi connectivity index (χ0) is 17.4. The number of amides is 1. The summed E-state index contributed by atoms with van der Waals surface area (Å²) in [5, 5.41) is 10.5. The van der Waals surface area contributed by atoms with Crippen LogP contribution in [0.1, 0.15) is 34.9 Å². The van der Waals surface area contributed by atoms with Crippen molar-refractivity contribution in [2.75, 3.05) is 19.6 Å². The fourth-order valence-corrected chi connectivity index (χ4v) is 4.71. The van der Waals surface area contributed by atoms with Crippen molar-refractivity contribution < 1.29 is 4.79 Å². The van der Waals surface area contributed by atoms with Crippen LogP contribution in [0.5, 0.6) is 0 Å². The maximum atomic E-state index is 12.9. The first-order valence-corrected chi connectivity index (χ1v) is 9.91. The second-order valence-corrected chi connectivity index (χ2v) is 8.15. The lowest BCUT2D eigenvalue weighted by atomic mass is 9.94. The molecular weight excluding hydrogens is 334 g/mol. The van der Waals surface area contributed by atoms with Crippen molar-refractivity contribution in [1.29, 1.82) is 0 Å². The Morgan fingerprint density at radius 3 is 2.80 bits per heavy atom. The van der Waals surface area contributed by atoms with E-state index in [0.29, 0.717) is 5.91 Å². The zero-order valence-corrected chi connectivity index (χ0v) is 15.8. The molecule has 2 aromatic heterocycles. The highest BCUT2D eigenvalue weighted by atomic mass is 32.1. The summed E-state index contributed by atoms with van der Waals surface area (Å²) >= 11 is 1.82. The van der Waals surface area contributed by atoms with Crippen molar-refractivity contribution in [3.05, 3.63) is 33.5 Å². The van der Waals surface area contributed by atoms with Crippen LogP contribution in [0.2, 0.25) is 0 Å². The Balaban J connectivity index is 1.31. The Bertz CT molecular complexity index is 759. The fraction of sp³-hybridized carbons (Fsp3) is 0.611. The van der Waals surface area contributed by atoms with E-state index < -0.39 is 0 Å². The molecule has 2 aliphatic heterocycles. The number of nitrogens with zero attached hydrogens (tertiary/aromatic N) is 5. The van der Waals surface area contributed by atoms with Gasteiger partial charge in [0, 0.05) is 30.9 Å². The lowest BCUT2D eigenvalue weighted by molar-refractivity contribution is -0.138. The van der Waals surface area contributed by atoms with Crippen LogP contribution in [0.25, 0.3) is 0 Å². The van der Waals surface area contributed by atoms with E-state index in [1.165, 1.54) is 10.4 Å². The normalized spacial score (nSPS) is 19.2. The number of fused-ring (bicyclic) bond motifs is 1. The molecule has 0 aromatic carbocycles. The summed E-state index contributed by atoms with van der Waals surface area (Å²) in [5.74, 6) is 2.48. The van der Waals surface area contributed by atoms with E-state index in [9.17, 15) is 4.79 Å². The van der Waals surface area contributed by atoms with E-state index >= 15 is 0 Å². The van der Waals surface area contributed by atoms with Crippen molar-refractivity contribution in [2.45, 2.75) is 39.3 Å². The molecule has 2 aliphatic rings. The molecule has 25 heavy (non-hydrogen) atoms. The summed E-state index contributed by atoms with van der Waals surface area (Å²) in [7, 11) is 2.01. The molecule has 4 heterocycles. The third-order valence-electron chi connectivity index (χ3n) is 5.60. The van der Waals surface area contributed by atoms with Gasteiger partial charge in [-0.25, -0.2) is 0 Å². The molecule has 0 radical (unpaired) electrons. The maximum Gasteiger partial charge on any atom is 0.226 e. The number of aryl methyl sites for hydroxylation is 1. The number of hydrogen-bond acceptors (Lipinski definition) is 5. The van der Waals surface area contributed by atoms with Gasteiger partial charge in [-0.15, -0.1) is 21.5 Å². The standard InChI is InChI=1S/C18H25N5OS/c1-13-19-20-17(21(13)2)12-22-7-3-14(4-8-22)18(24)23-9-5-16-15(11-23)6-10-25-16/h6,10,14H,3-5,7-9,11-12H2,1-2H3. The number of carbonyl (C=O) groups excluding carboxylic acids is 1. The van der Waals surface area contributed by atoms with E-state index in [0.717, 1.165) is 63.6 Å². The Morgan fingerprint density at radius 1 is 1.28 bits per heavy atom. The Hall–Kier alpha value is -1.73. The van der Waals surface area contributed by atoms with Gasteiger partial charge >= 0.3 is 0 Å². The van der Waals surface area contributed by atoms with Gasteiger partial charge in [0.05, 0.1) is 6.54 Å². The summed E-state index contributed by atoms with van der Waals surface area (Å²) in [6.07, 6.45) is 2.91. The third-order valence-corrected chi connectivity index (χ3v) is 6.63. The molecule has 1 amide bonds. The molecule has 1 fully saturated rings. The minimum atomic E-state index is 0.178. The number of thiophene rings is 1. The van der Waals surface area contributed by atoms with Crippen molar-refractivity contribution >= 4 is 17.2 Å². The zero-order valence-electron chi connectivity index (χ0n) is 14.9. The quantitative estimate of drug-likeness (QED) is 0.841. The first kappa shape index (κ1) is 16.7. The molecule has 134 valence electrons. The van der Waals surface area contributed by atoms with Crippen LogP contribution in [-0.4, -0.2) is 50.1 Å². The minimum absolute atomic E-state index is 0.178. The van der Waals surface area contributed by atoms with Gasteiger partial charge in [0.15, 0.2) is 0 Å². The molecule has 0 aliphatic carbocycles. The van der Waals surface area contributed by atoms with Crippen molar-refractivity contribution in [1.82, 2.24) is 24.6 Å². The largest absolute Gasteiger partial charge is 0.338 e. The lowest BCUT2D eigenvalue weighted by Gasteiger charge is -2.35. The third kappa shape index (κ3) is 3.35. The van der Waals surface area contributed by atoms with Crippen LogP contribution < -0.4 is 0 Å². The van der Waals surface area contributed by atoms with Crippen LogP contribution in [-0.2, 0) is 31.4 Å². The number of carbonyl (C=O) groups is 1. The van der Waals surface area contributed by atoms with Gasteiger partial charge < -0.3 is 9.47 Å². The van der Waals surface area contributed by atoms with Crippen molar-refractivity contribution in [3.8, 4) is 0 Å². The van der Waals surface area contributed by atoms with Gasteiger partial charge in [-0.3, -0.25) is 9.69 Å². The predicted octanol–water partition coefficient (Wildman–Crippen LogP) is 1.98. The lowest BCUT2D eigenvalue weighted by Crippen LogP contribution is -2.44. The van der Waals surface area contributed by atoms with Crippen LogP contribution in [0.3, 0.4) is 0 Å². The van der Waals surface area contributed by atoms with Crippen LogP contribution >= 0.6 is 11.3 Å². The van der Waals surface area contributed by atoms with E-state index in [1.54, 1.807) is 0 Å². The molecule has 0 atom stereocenters. The highest BCUT2D eigenvalue weighted by Crippen LogP contribution is 2.27. The summed E-state index contributed by atoms with van der Waals surface area (Å²) in [5.41, 5.74) is 1.35. The monoisotopic (exact) mass is 359 g/mol. The average Bonchev–Trinajstić information content (AvgIpc) is 3.23. The van der Waals surface area contributed by atoms with Crippen LogP contribution in [0.15, 0.2) is 11.4 Å².